The standard InChI is InChI=1S/C24H17ClF3N7/c1-11-6-12(10-31-9-11)20-22(29)32-24(33-23(20)30)35-19-5-2-13(25)7-15(19)18(34-35)8-14-16(26)3-4-17(27)21(14)28/h2-7,9-10H,8H2,1H3,(H4,29,30,32,33). The van der Waals surface area contributed by atoms with Crippen molar-refractivity contribution in [2.24, 2.45) is 0 Å². The zero-order valence-corrected chi connectivity index (χ0v) is 19.0. The predicted octanol–water partition coefficient (Wildman–Crippen LogP) is 5.01. The average molecular weight is 496 g/mol. The summed E-state index contributed by atoms with van der Waals surface area (Å²) in [6, 6.07) is 8.30. The highest BCUT2D eigenvalue weighted by molar-refractivity contribution is 6.31. The second-order valence-electron chi connectivity index (χ2n) is 7.94. The lowest BCUT2D eigenvalue weighted by Gasteiger charge is -2.11. The van der Waals surface area contributed by atoms with E-state index < -0.39 is 23.0 Å². The molecule has 0 aliphatic carbocycles. The second kappa shape index (κ2) is 8.55. The zero-order chi connectivity index (χ0) is 24.9. The first-order valence-electron chi connectivity index (χ1n) is 10.4. The molecule has 5 aromatic rings. The van der Waals surface area contributed by atoms with Crippen molar-refractivity contribution in [3.63, 3.8) is 0 Å². The topological polar surface area (TPSA) is 109 Å². The lowest BCUT2D eigenvalue weighted by molar-refractivity contribution is 0.482. The highest BCUT2D eigenvalue weighted by atomic mass is 35.5. The molecular formula is C24H17ClF3N7. The van der Waals surface area contributed by atoms with Gasteiger partial charge in [0.15, 0.2) is 11.6 Å². The van der Waals surface area contributed by atoms with Gasteiger partial charge < -0.3 is 11.5 Å². The van der Waals surface area contributed by atoms with Crippen LogP contribution in [0.25, 0.3) is 28.0 Å². The Kier molecular flexibility index (Phi) is 5.52. The lowest BCUT2D eigenvalue weighted by atomic mass is 10.1. The number of aromatic nitrogens is 5. The number of rotatable bonds is 4. The highest BCUT2D eigenvalue weighted by Crippen LogP contribution is 2.32. The molecule has 176 valence electrons. The van der Waals surface area contributed by atoms with Crippen LogP contribution in [0.1, 0.15) is 16.8 Å². The van der Waals surface area contributed by atoms with Crippen LogP contribution in [0.3, 0.4) is 0 Å². The van der Waals surface area contributed by atoms with E-state index in [1.165, 1.54) is 4.68 Å². The Morgan fingerprint density at radius 1 is 0.943 bits per heavy atom. The average Bonchev–Trinajstić information content (AvgIpc) is 3.16. The van der Waals surface area contributed by atoms with Crippen molar-refractivity contribution in [2.45, 2.75) is 13.3 Å². The Morgan fingerprint density at radius 2 is 1.66 bits per heavy atom. The molecule has 7 nitrogen and oxygen atoms in total. The molecule has 0 aliphatic rings. The molecule has 0 atom stereocenters. The van der Waals surface area contributed by atoms with Gasteiger partial charge in [-0.2, -0.15) is 19.7 Å². The molecule has 2 aromatic carbocycles. The number of nitrogens with two attached hydrogens (primary N) is 2. The Hall–Kier alpha value is -4.18. The van der Waals surface area contributed by atoms with Crippen LogP contribution in [0.4, 0.5) is 24.8 Å². The molecular weight excluding hydrogens is 479 g/mol. The number of benzene rings is 2. The summed E-state index contributed by atoms with van der Waals surface area (Å²) in [6.07, 6.45) is 2.96. The van der Waals surface area contributed by atoms with Gasteiger partial charge in [-0.05, 0) is 48.9 Å². The Morgan fingerprint density at radius 3 is 2.37 bits per heavy atom. The molecule has 0 fully saturated rings. The third-order valence-electron chi connectivity index (χ3n) is 5.51. The maximum atomic E-state index is 14.4. The molecule has 5 rings (SSSR count). The first kappa shape index (κ1) is 22.6. The van der Waals surface area contributed by atoms with Crippen LogP contribution in [-0.4, -0.2) is 24.7 Å². The quantitative estimate of drug-likeness (QED) is 0.339. The molecule has 0 amide bonds. The minimum Gasteiger partial charge on any atom is -0.383 e. The van der Waals surface area contributed by atoms with Gasteiger partial charge in [-0.1, -0.05) is 11.6 Å². The van der Waals surface area contributed by atoms with Crippen molar-refractivity contribution in [1.82, 2.24) is 24.7 Å². The van der Waals surface area contributed by atoms with Gasteiger partial charge in [-0.3, -0.25) is 4.98 Å². The smallest absolute Gasteiger partial charge is 0.255 e. The van der Waals surface area contributed by atoms with E-state index in [9.17, 15) is 13.2 Å². The van der Waals surface area contributed by atoms with E-state index in [4.69, 9.17) is 23.1 Å². The number of anilines is 2. The van der Waals surface area contributed by atoms with Crippen LogP contribution in [0.5, 0.6) is 0 Å². The molecule has 3 heterocycles. The van der Waals surface area contributed by atoms with Crippen molar-refractivity contribution in [3.05, 3.63) is 88.1 Å². The molecule has 0 radical (unpaired) electrons. The largest absolute Gasteiger partial charge is 0.383 e. The van der Waals surface area contributed by atoms with E-state index in [2.05, 4.69) is 20.1 Å². The summed E-state index contributed by atoms with van der Waals surface area (Å²) in [7, 11) is 0. The number of halogens is 4. The van der Waals surface area contributed by atoms with Gasteiger partial charge in [0.1, 0.15) is 17.5 Å². The summed E-state index contributed by atoms with van der Waals surface area (Å²) in [5, 5.41) is 5.32. The van der Waals surface area contributed by atoms with E-state index >= 15 is 0 Å². The summed E-state index contributed by atoms with van der Waals surface area (Å²) < 4.78 is 43.8. The van der Waals surface area contributed by atoms with Gasteiger partial charge in [0, 0.05) is 40.4 Å². The van der Waals surface area contributed by atoms with Crippen LogP contribution >= 0.6 is 11.6 Å². The third-order valence-corrected chi connectivity index (χ3v) is 5.74. The first-order valence-corrected chi connectivity index (χ1v) is 10.8. The third kappa shape index (κ3) is 4.01. The maximum absolute atomic E-state index is 14.4. The van der Waals surface area contributed by atoms with Gasteiger partial charge in [0.25, 0.3) is 5.95 Å². The lowest BCUT2D eigenvalue weighted by Crippen LogP contribution is -2.10. The minimum atomic E-state index is -1.28. The van der Waals surface area contributed by atoms with Crippen LogP contribution in [0.15, 0.2) is 48.8 Å². The highest BCUT2D eigenvalue weighted by Gasteiger charge is 2.21. The number of aryl methyl sites for hydroxylation is 1. The number of pyridine rings is 1. The molecule has 0 bridgehead atoms. The molecule has 0 spiro atoms. The molecule has 0 saturated heterocycles. The number of nitrogen functional groups attached to an aromatic ring is 2. The fraction of sp³-hybridized carbons (Fsp3) is 0.0833. The van der Waals surface area contributed by atoms with Gasteiger partial charge in [0.05, 0.1) is 16.8 Å². The summed E-state index contributed by atoms with van der Waals surface area (Å²) in [4.78, 5) is 12.9. The van der Waals surface area contributed by atoms with E-state index in [1.807, 2.05) is 13.0 Å². The number of fused-ring (bicyclic) bond motifs is 1. The fourth-order valence-electron chi connectivity index (χ4n) is 3.90. The second-order valence-corrected chi connectivity index (χ2v) is 8.37. The molecule has 3 aromatic heterocycles. The van der Waals surface area contributed by atoms with Gasteiger partial charge in [-0.15, -0.1) is 0 Å². The zero-order valence-electron chi connectivity index (χ0n) is 18.2. The number of nitrogens with zero attached hydrogens (tertiary/aromatic N) is 5. The van der Waals surface area contributed by atoms with E-state index in [0.29, 0.717) is 27.1 Å². The van der Waals surface area contributed by atoms with E-state index in [-0.39, 0.29) is 29.7 Å². The summed E-state index contributed by atoms with van der Waals surface area (Å²) in [6.45, 7) is 1.88. The first-order chi connectivity index (χ1) is 16.7. The maximum Gasteiger partial charge on any atom is 0.255 e. The van der Waals surface area contributed by atoms with Crippen LogP contribution in [-0.2, 0) is 6.42 Å². The monoisotopic (exact) mass is 495 g/mol. The van der Waals surface area contributed by atoms with Crippen LogP contribution in [0, 0.1) is 24.4 Å². The molecule has 35 heavy (non-hydrogen) atoms. The fourth-order valence-corrected chi connectivity index (χ4v) is 4.07. The number of hydrogen-bond donors (Lipinski definition) is 2. The normalized spacial score (nSPS) is 11.3. The van der Waals surface area contributed by atoms with Crippen LogP contribution in [0.2, 0.25) is 5.02 Å². The van der Waals surface area contributed by atoms with Gasteiger partial charge in [-0.25, -0.2) is 13.2 Å². The van der Waals surface area contributed by atoms with Crippen molar-refractivity contribution in [3.8, 4) is 17.1 Å². The van der Waals surface area contributed by atoms with Crippen molar-refractivity contribution >= 4 is 34.1 Å². The predicted molar refractivity (Wildman–Crippen MR) is 128 cm³/mol. The number of hydrogen-bond acceptors (Lipinski definition) is 6. The van der Waals surface area contributed by atoms with Crippen molar-refractivity contribution < 1.29 is 13.2 Å². The summed E-state index contributed by atoms with van der Waals surface area (Å²) in [5.74, 6) is -3.09. The molecule has 4 N–H and O–H groups in total. The van der Waals surface area contributed by atoms with Gasteiger partial charge >= 0.3 is 0 Å². The summed E-state index contributed by atoms with van der Waals surface area (Å²) in [5.41, 5.74) is 14.7. The SMILES string of the molecule is Cc1cncc(-c2c(N)nc(-n3nc(Cc4c(F)ccc(F)c4F)c4cc(Cl)ccc43)nc2N)c1. The molecule has 0 aliphatic heterocycles. The summed E-state index contributed by atoms with van der Waals surface area (Å²) >= 11 is 6.17. The Balaban J connectivity index is 1.67. The van der Waals surface area contributed by atoms with Crippen molar-refractivity contribution in [1.29, 1.82) is 0 Å². The Labute approximate surface area is 202 Å². The van der Waals surface area contributed by atoms with Gasteiger partial charge in [0.2, 0.25) is 0 Å². The molecule has 0 unspecified atom stereocenters. The van der Waals surface area contributed by atoms with Crippen molar-refractivity contribution in [2.75, 3.05) is 11.5 Å². The minimum absolute atomic E-state index is 0.0446. The molecule has 11 heteroatoms. The van der Waals surface area contributed by atoms with Crippen LogP contribution < -0.4 is 11.5 Å². The molecule has 0 saturated carbocycles. The van der Waals surface area contributed by atoms with E-state index in [1.54, 1.807) is 30.6 Å². The van der Waals surface area contributed by atoms with E-state index in [0.717, 1.165) is 17.7 Å². The Bertz CT molecular complexity index is 1590.